The molecule has 4 aromatic carbocycles. The molecule has 0 saturated carbocycles. The van der Waals surface area contributed by atoms with Crippen molar-refractivity contribution in [2.75, 3.05) is 5.73 Å². The molecule has 0 radical (unpaired) electrons. The average Bonchev–Trinajstić information content (AvgIpc) is 2.97. The van der Waals surface area contributed by atoms with Crippen molar-refractivity contribution in [3.8, 4) is 0 Å². The largest absolute Gasteiger partial charge is 0.398 e. The topological polar surface area (TPSA) is 86.8 Å². The zero-order valence-electron chi connectivity index (χ0n) is 20.2. The third kappa shape index (κ3) is 6.20. The highest BCUT2D eigenvalue weighted by Gasteiger charge is 2.23. The van der Waals surface area contributed by atoms with Crippen LogP contribution in [0.15, 0.2) is 143 Å². The van der Waals surface area contributed by atoms with Gasteiger partial charge in [-0.2, -0.15) is 5.10 Å². The van der Waals surface area contributed by atoms with E-state index < -0.39 is 0 Å². The van der Waals surface area contributed by atoms with E-state index in [1.165, 1.54) is 5.56 Å². The van der Waals surface area contributed by atoms with Crippen molar-refractivity contribution >= 4 is 29.1 Å². The maximum atomic E-state index is 6.20. The van der Waals surface area contributed by atoms with Gasteiger partial charge >= 0.3 is 0 Å². The Balaban J connectivity index is 1.30. The lowest BCUT2D eigenvalue weighted by Gasteiger charge is -2.23. The molecule has 1 aliphatic heterocycles. The summed E-state index contributed by atoms with van der Waals surface area (Å²) in [6, 6.07) is 38.3. The van der Waals surface area contributed by atoms with Crippen LogP contribution in [0.3, 0.4) is 0 Å². The zero-order chi connectivity index (χ0) is 25.3. The van der Waals surface area contributed by atoms with Gasteiger partial charge in [0, 0.05) is 22.3 Å². The summed E-state index contributed by atoms with van der Waals surface area (Å²) in [4.78, 5) is 5.95. The van der Waals surface area contributed by atoms with Crippen molar-refractivity contribution < 1.29 is 0 Å². The van der Waals surface area contributed by atoms with Crippen LogP contribution in [0.2, 0.25) is 0 Å². The molecule has 0 aliphatic carbocycles. The first-order valence-corrected chi connectivity index (χ1v) is 12.9. The van der Waals surface area contributed by atoms with Gasteiger partial charge in [-0.3, -0.25) is 5.43 Å². The van der Waals surface area contributed by atoms with E-state index in [9.17, 15) is 0 Å². The summed E-state index contributed by atoms with van der Waals surface area (Å²) in [6.45, 7) is 0. The zero-order valence-corrected chi connectivity index (χ0v) is 21.0. The van der Waals surface area contributed by atoms with Gasteiger partial charge in [0.15, 0.2) is 0 Å². The summed E-state index contributed by atoms with van der Waals surface area (Å²) in [5, 5.41) is 4.73. The molecule has 4 aromatic rings. The van der Waals surface area contributed by atoms with E-state index in [1.807, 2.05) is 97.2 Å². The minimum atomic E-state index is -0.230. The molecule has 5 rings (SSSR count). The number of hydrogen-bond acceptors (Lipinski definition) is 7. The molecular weight excluding hydrogens is 476 g/mol. The number of hydrazone groups is 1. The number of hydrazine groups is 1. The molecule has 1 heterocycles. The van der Waals surface area contributed by atoms with Crippen LogP contribution in [-0.4, -0.2) is 11.7 Å². The Morgan fingerprint density at radius 2 is 1.46 bits per heavy atom. The van der Waals surface area contributed by atoms with Crippen molar-refractivity contribution in [1.29, 1.82) is 0 Å². The number of hydrogen-bond donors (Lipinski definition) is 4. The van der Waals surface area contributed by atoms with E-state index in [-0.39, 0.29) is 11.3 Å². The summed E-state index contributed by atoms with van der Waals surface area (Å²) >= 11 is 1.70. The molecule has 2 atom stereocenters. The SMILES string of the molecule is Nc1ccccc1SC(C=CNNC1=NC(c2ccccc2)C(c2ccccc2)=NN1)c1ccccc1. The number of anilines is 1. The predicted molar refractivity (Wildman–Crippen MR) is 154 cm³/mol. The number of para-hydroxylation sites is 1. The third-order valence-corrected chi connectivity index (χ3v) is 7.14. The van der Waals surface area contributed by atoms with Crippen LogP contribution < -0.4 is 22.0 Å². The van der Waals surface area contributed by atoms with Gasteiger partial charge < -0.3 is 11.2 Å². The monoisotopic (exact) mass is 504 g/mol. The quantitative estimate of drug-likeness (QED) is 0.138. The Morgan fingerprint density at radius 1 is 0.811 bits per heavy atom. The molecule has 2 unspecified atom stereocenters. The molecular formula is C30H28N6S. The fourth-order valence-electron chi connectivity index (χ4n) is 3.98. The Hall–Kier alpha value is -4.49. The van der Waals surface area contributed by atoms with E-state index in [0.717, 1.165) is 27.4 Å². The van der Waals surface area contributed by atoms with Crippen LogP contribution in [0.25, 0.3) is 0 Å². The smallest absolute Gasteiger partial charge is 0.232 e. The summed E-state index contributed by atoms with van der Waals surface area (Å²) in [7, 11) is 0. The highest BCUT2D eigenvalue weighted by atomic mass is 32.2. The van der Waals surface area contributed by atoms with E-state index in [0.29, 0.717) is 5.96 Å². The number of nitrogens with two attached hydrogens (primary N) is 1. The molecule has 184 valence electrons. The number of rotatable bonds is 8. The van der Waals surface area contributed by atoms with Gasteiger partial charge in [-0.15, -0.1) is 11.8 Å². The molecule has 0 saturated heterocycles. The lowest BCUT2D eigenvalue weighted by molar-refractivity contribution is 0.735. The van der Waals surface area contributed by atoms with Gasteiger partial charge in [0.05, 0.1) is 11.0 Å². The number of nitrogen functional groups attached to an aromatic ring is 1. The first-order chi connectivity index (χ1) is 18.3. The van der Waals surface area contributed by atoms with Gasteiger partial charge in [0.25, 0.3) is 0 Å². The normalized spacial score (nSPS) is 15.8. The van der Waals surface area contributed by atoms with E-state index in [1.54, 1.807) is 11.8 Å². The highest BCUT2D eigenvalue weighted by molar-refractivity contribution is 7.99. The second-order valence-electron chi connectivity index (χ2n) is 8.38. The Morgan fingerprint density at radius 3 is 2.19 bits per heavy atom. The number of nitrogens with zero attached hydrogens (tertiary/aromatic N) is 2. The number of nitrogens with one attached hydrogen (secondary N) is 3. The second kappa shape index (κ2) is 12.0. The predicted octanol–water partition coefficient (Wildman–Crippen LogP) is 5.81. The first-order valence-electron chi connectivity index (χ1n) is 12.0. The summed E-state index contributed by atoms with van der Waals surface area (Å²) in [5.41, 5.74) is 20.5. The van der Waals surface area contributed by atoms with Crippen LogP contribution in [0.4, 0.5) is 5.69 Å². The molecule has 0 fully saturated rings. The van der Waals surface area contributed by atoms with Crippen molar-refractivity contribution in [3.05, 3.63) is 144 Å². The van der Waals surface area contributed by atoms with Crippen molar-refractivity contribution in [2.24, 2.45) is 10.1 Å². The molecule has 6 nitrogen and oxygen atoms in total. The van der Waals surface area contributed by atoms with Crippen LogP contribution in [0.5, 0.6) is 0 Å². The molecule has 5 N–H and O–H groups in total. The number of thioether (sulfide) groups is 1. The van der Waals surface area contributed by atoms with Gasteiger partial charge in [0.2, 0.25) is 5.96 Å². The van der Waals surface area contributed by atoms with Crippen LogP contribution in [0, 0.1) is 0 Å². The Kier molecular flexibility index (Phi) is 7.83. The molecule has 1 aliphatic rings. The second-order valence-corrected chi connectivity index (χ2v) is 9.56. The van der Waals surface area contributed by atoms with Gasteiger partial charge in [-0.25, -0.2) is 10.4 Å². The number of aliphatic imine (C=N–C) groups is 1. The average molecular weight is 505 g/mol. The molecule has 37 heavy (non-hydrogen) atoms. The molecule has 0 bridgehead atoms. The van der Waals surface area contributed by atoms with Crippen molar-refractivity contribution in [3.63, 3.8) is 0 Å². The van der Waals surface area contributed by atoms with Crippen LogP contribution in [0.1, 0.15) is 28.0 Å². The fraction of sp³-hybridized carbons (Fsp3) is 0.0667. The van der Waals surface area contributed by atoms with Gasteiger partial charge in [0.1, 0.15) is 6.04 Å². The van der Waals surface area contributed by atoms with Crippen LogP contribution in [-0.2, 0) is 0 Å². The molecule has 0 aromatic heterocycles. The van der Waals surface area contributed by atoms with Crippen molar-refractivity contribution in [1.82, 2.24) is 16.3 Å². The highest BCUT2D eigenvalue weighted by Crippen LogP contribution is 2.38. The minimum Gasteiger partial charge on any atom is -0.398 e. The minimum absolute atomic E-state index is 0.0706. The molecule has 7 heteroatoms. The first kappa shape index (κ1) is 24.2. The van der Waals surface area contributed by atoms with E-state index in [4.69, 9.17) is 10.7 Å². The third-order valence-electron chi connectivity index (χ3n) is 5.83. The summed E-state index contributed by atoms with van der Waals surface area (Å²) in [6.07, 6.45) is 3.97. The molecule has 0 amide bonds. The number of benzene rings is 4. The summed E-state index contributed by atoms with van der Waals surface area (Å²) in [5.74, 6) is 0.536. The van der Waals surface area contributed by atoms with Gasteiger partial charge in [-0.05, 0) is 29.3 Å². The van der Waals surface area contributed by atoms with Crippen LogP contribution >= 0.6 is 11.8 Å². The lowest BCUT2D eigenvalue weighted by atomic mass is 9.97. The number of guanidine groups is 1. The Bertz CT molecular complexity index is 1390. The standard InChI is InChI=1S/C30H28N6S/c31-25-18-10-11-19-27(25)37-26(22-12-4-1-5-13-22)20-21-32-35-30-33-28(23-14-6-2-7-15-23)29(34-36-30)24-16-8-3-9-17-24/h1-21,26,28,32H,31H2,(H2,33,35,36). The van der Waals surface area contributed by atoms with E-state index >= 15 is 0 Å². The fourth-order valence-corrected chi connectivity index (χ4v) is 5.07. The molecule has 0 spiro atoms. The van der Waals surface area contributed by atoms with Gasteiger partial charge in [-0.1, -0.05) is 103 Å². The maximum Gasteiger partial charge on any atom is 0.232 e. The van der Waals surface area contributed by atoms with E-state index in [2.05, 4.69) is 51.7 Å². The Labute approximate surface area is 221 Å². The van der Waals surface area contributed by atoms with Crippen molar-refractivity contribution in [2.45, 2.75) is 16.2 Å². The lowest BCUT2D eigenvalue weighted by Crippen LogP contribution is -2.44. The summed E-state index contributed by atoms with van der Waals surface area (Å²) < 4.78 is 0. The maximum absolute atomic E-state index is 6.20.